The van der Waals surface area contributed by atoms with Crippen LogP contribution in [0.1, 0.15) is 5.69 Å². The fraction of sp³-hybridized carbons (Fsp3) is 0.0833. The molecule has 0 saturated carbocycles. The number of halogens is 4. The summed E-state index contributed by atoms with van der Waals surface area (Å²) >= 11 is 0. The standard InChI is InChI=1S/C12H6F4N4O/c13-7-1-3-8(4-2-7)20-5-9(11-17-6-18-21-11)10(19-20)12(14,15)16/h1-6H. The summed E-state index contributed by atoms with van der Waals surface area (Å²) in [6.45, 7) is 0. The van der Waals surface area contributed by atoms with E-state index in [-0.39, 0.29) is 17.1 Å². The van der Waals surface area contributed by atoms with Crippen LogP contribution < -0.4 is 0 Å². The molecule has 2 heterocycles. The van der Waals surface area contributed by atoms with Gasteiger partial charge in [-0.05, 0) is 24.3 Å². The number of hydrogen-bond acceptors (Lipinski definition) is 4. The number of hydrogen-bond donors (Lipinski definition) is 0. The van der Waals surface area contributed by atoms with Gasteiger partial charge in [0.15, 0.2) is 12.0 Å². The van der Waals surface area contributed by atoms with E-state index in [0.29, 0.717) is 0 Å². The Bertz CT molecular complexity index is 747. The summed E-state index contributed by atoms with van der Waals surface area (Å²) in [4.78, 5) is 3.59. The zero-order valence-corrected chi connectivity index (χ0v) is 10.2. The Morgan fingerprint density at radius 1 is 1.10 bits per heavy atom. The van der Waals surface area contributed by atoms with Crippen molar-refractivity contribution < 1.29 is 22.1 Å². The summed E-state index contributed by atoms with van der Waals surface area (Å²) in [6.07, 6.45) is -2.59. The van der Waals surface area contributed by atoms with Crippen LogP contribution in [0.3, 0.4) is 0 Å². The Morgan fingerprint density at radius 3 is 2.38 bits per heavy atom. The highest BCUT2D eigenvalue weighted by atomic mass is 19.4. The normalized spacial score (nSPS) is 11.8. The first-order valence-electron chi connectivity index (χ1n) is 5.65. The molecule has 2 aromatic heterocycles. The molecule has 5 nitrogen and oxygen atoms in total. The third-order valence-electron chi connectivity index (χ3n) is 2.67. The van der Waals surface area contributed by atoms with Crippen LogP contribution in [-0.4, -0.2) is 19.9 Å². The summed E-state index contributed by atoms with van der Waals surface area (Å²) < 4.78 is 57.5. The van der Waals surface area contributed by atoms with Crippen molar-refractivity contribution in [2.45, 2.75) is 6.18 Å². The molecule has 0 amide bonds. The van der Waals surface area contributed by atoms with E-state index < -0.39 is 17.7 Å². The highest BCUT2D eigenvalue weighted by Gasteiger charge is 2.39. The molecule has 0 atom stereocenters. The molecule has 3 aromatic rings. The monoisotopic (exact) mass is 298 g/mol. The lowest BCUT2D eigenvalue weighted by Crippen LogP contribution is -2.08. The predicted molar refractivity (Wildman–Crippen MR) is 61.8 cm³/mol. The lowest BCUT2D eigenvalue weighted by atomic mass is 10.2. The average Bonchev–Trinajstić information content (AvgIpc) is 3.07. The second-order valence-electron chi connectivity index (χ2n) is 4.06. The average molecular weight is 298 g/mol. The van der Waals surface area contributed by atoms with E-state index in [1.165, 1.54) is 12.1 Å². The molecule has 0 aliphatic rings. The van der Waals surface area contributed by atoms with Crippen LogP contribution in [-0.2, 0) is 6.18 Å². The fourth-order valence-corrected chi connectivity index (χ4v) is 1.76. The number of benzene rings is 1. The van der Waals surface area contributed by atoms with E-state index in [1.54, 1.807) is 0 Å². The molecule has 9 heteroatoms. The largest absolute Gasteiger partial charge is 0.435 e. The Balaban J connectivity index is 2.14. The van der Waals surface area contributed by atoms with Crippen LogP contribution in [0, 0.1) is 5.82 Å². The fourth-order valence-electron chi connectivity index (χ4n) is 1.76. The summed E-state index contributed by atoms with van der Waals surface area (Å²) in [5, 5.41) is 6.75. The van der Waals surface area contributed by atoms with Crippen LogP contribution in [0.2, 0.25) is 0 Å². The lowest BCUT2D eigenvalue weighted by Gasteiger charge is -2.03. The van der Waals surface area contributed by atoms with Crippen molar-refractivity contribution in [3.8, 4) is 17.1 Å². The first-order valence-corrected chi connectivity index (χ1v) is 5.65. The van der Waals surface area contributed by atoms with Crippen LogP contribution >= 0.6 is 0 Å². The van der Waals surface area contributed by atoms with Gasteiger partial charge in [-0.1, -0.05) is 5.16 Å². The summed E-state index contributed by atoms with van der Waals surface area (Å²) in [5.74, 6) is -0.797. The van der Waals surface area contributed by atoms with Gasteiger partial charge < -0.3 is 4.52 Å². The molecule has 0 N–H and O–H groups in total. The van der Waals surface area contributed by atoms with Crippen molar-refractivity contribution >= 4 is 0 Å². The Morgan fingerprint density at radius 2 is 1.81 bits per heavy atom. The van der Waals surface area contributed by atoms with Gasteiger partial charge in [-0.3, -0.25) is 0 Å². The van der Waals surface area contributed by atoms with Crippen molar-refractivity contribution in [3.05, 3.63) is 48.3 Å². The van der Waals surface area contributed by atoms with E-state index >= 15 is 0 Å². The Labute approximate surface area is 114 Å². The molecule has 21 heavy (non-hydrogen) atoms. The van der Waals surface area contributed by atoms with Crippen molar-refractivity contribution in [2.75, 3.05) is 0 Å². The van der Waals surface area contributed by atoms with E-state index in [9.17, 15) is 17.6 Å². The van der Waals surface area contributed by atoms with Gasteiger partial charge in [-0.15, -0.1) is 0 Å². The van der Waals surface area contributed by atoms with Crippen LogP contribution in [0.25, 0.3) is 17.1 Å². The zero-order valence-electron chi connectivity index (χ0n) is 10.2. The molecule has 0 aliphatic carbocycles. The quantitative estimate of drug-likeness (QED) is 0.682. The Kier molecular flexibility index (Phi) is 2.96. The first-order chi connectivity index (χ1) is 9.95. The van der Waals surface area contributed by atoms with Gasteiger partial charge in [0.2, 0.25) is 0 Å². The SMILES string of the molecule is Fc1ccc(-n2cc(-c3ncno3)c(C(F)(F)F)n2)cc1. The third-order valence-corrected chi connectivity index (χ3v) is 2.67. The van der Waals surface area contributed by atoms with E-state index in [1.807, 2.05) is 0 Å². The van der Waals surface area contributed by atoms with E-state index in [2.05, 4.69) is 19.8 Å². The van der Waals surface area contributed by atoms with Gasteiger partial charge >= 0.3 is 6.18 Å². The molecular weight excluding hydrogens is 292 g/mol. The van der Waals surface area contributed by atoms with Gasteiger partial charge in [0.1, 0.15) is 5.82 Å². The molecule has 0 aliphatic heterocycles. The van der Waals surface area contributed by atoms with Gasteiger partial charge in [-0.2, -0.15) is 23.3 Å². The smallest absolute Gasteiger partial charge is 0.334 e. The highest BCUT2D eigenvalue weighted by Crippen LogP contribution is 2.35. The minimum absolute atomic E-state index is 0.271. The maximum atomic E-state index is 13.0. The molecule has 3 rings (SSSR count). The van der Waals surface area contributed by atoms with E-state index in [4.69, 9.17) is 0 Å². The number of aromatic nitrogens is 4. The van der Waals surface area contributed by atoms with Crippen molar-refractivity contribution in [2.24, 2.45) is 0 Å². The molecule has 0 unspecified atom stereocenters. The van der Waals surface area contributed by atoms with Crippen LogP contribution in [0.5, 0.6) is 0 Å². The van der Waals surface area contributed by atoms with Gasteiger partial charge in [0.25, 0.3) is 5.89 Å². The number of alkyl halides is 3. The first kappa shape index (κ1) is 13.3. The van der Waals surface area contributed by atoms with E-state index in [0.717, 1.165) is 29.3 Å². The second-order valence-corrected chi connectivity index (χ2v) is 4.06. The molecule has 0 bridgehead atoms. The maximum absolute atomic E-state index is 13.0. The topological polar surface area (TPSA) is 56.7 Å². The molecule has 0 spiro atoms. The molecule has 0 fully saturated rings. The van der Waals surface area contributed by atoms with Crippen LogP contribution in [0.4, 0.5) is 17.6 Å². The van der Waals surface area contributed by atoms with Crippen LogP contribution in [0.15, 0.2) is 41.3 Å². The summed E-state index contributed by atoms with van der Waals surface area (Å²) in [7, 11) is 0. The highest BCUT2D eigenvalue weighted by molar-refractivity contribution is 5.57. The minimum atomic E-state index is -4.69. The second kappa shape index (κ2) is 4.69. The predicted octanol–water partition coefficient (Wildman–Crippen LogP) is 3.08. The number of rotatable bonds is 2. The number of nitrogens with zero attached hydrogens (tertiary/aromatic N) is 4. The van der Waals surface area contributed by atoms with Gasteiger partial charge in [0, 0.05) is 6.20 Å². The van der Waals surface area contributed by atoms with Crippen molar-refractivity contribution in [1.82, 2.24) is 19.9 Å². The Hall–Kier alpha value is -2.71. The minimum Gasteiger partial charge on any atom is -0.334 e. The molecule has 0 saturated heterocycles. The molecule has 0 radical (unpaired) electrons. The maximum Gasteiger partial charge on any atom is 0.435 e. The van der Waals surface area contributed by atoms with Gasteiger partial charge in [-0.25, -0.2) is 9.07 Å². The zero-order chi connectivity index (χ0) is 15.0. The molecule has 108 valence electrons. The summed E-state index contributed by atoms with van der Waals surface area (Å²) in [6, 6.07) is 4.85. The third kappa shape index (κ3) is 2.49. The molecular formula is C12H6F4N4O. The van der Waals surface area contributed by atoms with Crippen molar-refractivity contribution in [1.29, 1.82) is 0 Å². The van der Waals surface area contributed by atoms with Crippen molar-refractivity contribution in [3.63, 3.8) is 0 Å². The molecule has 1 aromatic carbocycles. The summed E-state index contributed by atoms with van der Waals surface area (Å²) in [5.41, 5.74) is -1.23. The van der Waals surface area contributed by atoms with Gasteiger partial charge in [0.05, 0.1) is 11.3 Å². The lowest BCUT2D eigenvalue weighted by molar-refractivity contribution is -0.140.